The van der Waals surface area contributed by atoms with E-state index in [2.05, 4.69) is 4.74 Å². The van der Waals surface area contributed by atoms with Crippen LogP contribution in [0.3, 0.4) is 0 Å². The molecular formula is C17H21F3N4O7. The summed E-state index contributed by atoms with van der Waals surface area (Å²) in [4.78, 5) is 61.1. The zero-order chi connectivity index (χ0) is 23.5. The molecule has 2 heterocycles. The van der Waals surface area contributed by atoms with E-state index in [0.717, 1.165) is 9.47 Å². The number of anilines is 1. The summed E-state index contributed by atoms with van der Waals surface area (Å²) in [6.07, 6.45) is -5.59. The predicted molar refractivity (Wildman–Crippen MR) is 98.3 cm³/mol. The molecule has 0 radical (unpaired) electrons. The highest BCUT2D eigenvalue weighted by Gasteiger charge is 2.33. The van der Waals surface area contributed by atoms with Gasteiger partial charge in [-0.05, 0) is 12.8 Å². The summed E-state index contributed by atoms with van der Waals surface area (Å²) in [5, 5.41) is 0. The number of hydrogen-bond acceptors (Lipinski definition) is 8. The molecule has 0 bridgehead atoms. The molecule has 1 saturated heterocycles. The van der Waals surface area contributed by atoms with Crippen molar-refractivity contribution in [2.75, 3.05) is 32.0 Å². The first-order valence-electron chi connectivity index (χ1n) is 9.07. The van der Waals surface area contributed by atoms with Gasteiger partial charge in [0.2, 0.25) is 5.78 Å². The molecule has 1 fully saturated rings. The van der Waals surface area contributed by atoms with Crippen LogP contribution >= 0.6 is 0 Å². The number of esters is 1. The summed E-state index contributed by atoms with van der Waals surface area (Å²) in [6, 6.07) is 0. The van der Waals surface area contributed by atoms with Crippen LogP contribution in [0.4, 0.5) is 23.8 Å². The summed E-state index contributed by atoms with van der Waals surface area (Å²) in [5.41, 5.74) is 3.53. The number of Topliss-reactive ketones (excluding diaryl/α,β-unsaturated/α-hetero) is 1. The fraction of sp³-hybridized carbons (Fsp3) is 0.588. The van der Waals surface area contributed by atoms with Crippen LogP contribution < -0.4 is 17.0 Å². The van der Waals surface area contributed by atoms with Crippen LogP contribution in [0, 0.1) is 5.92 Å². The molecule has 31 heavy (non-hydrogen) atoms. The molecule has 0 saturated carbocycles. The van der Waals surface area contributed by atoms with Crippen LogP contribution in [0.2, 0.25) is 0 Å². The molecule has 0 atom stereocenters. The fourth-order valence-electron chi connectivity index (χ4n) is 2.98. The van der Waals surface area contributed by atoms with Gasteiger partial charge in [0, 0.05) is 27.2 Å². The SMILES string of the molecule is Cn1c(N)c(C(=O)COC(=O)C2CCN(C(=O)OCC(F)(F)F)CC2)c(=O)n(C)c1=O. The number of aromatic nitrogens is 2. The number of alkyl halides is 3. The quantitative estimate of drug-likeness (QED) is 0.480. The Morgan fingerprint density at radius 1 is 1.06 bits per heavy atom. The second kappa shape index (κ2) is 9.22. The van der Waals surface area contributed by atoms with Crippen molar-refractivity contribution in [3.05, 3.63) is 26.4 Å². The van der Waals surface area contributed by atoms with Crippen LogP contribution in [0.15, 0.2) is 9.59 Å². The first kappa shape index (κ1) is 24.0. The third-order valence-corrected chi connectivity index (χ3v) is 4.78. The third-order valence-electron chi connectivity index (χ3n) is 4.78. The van der Waals surface area contributed by atoms with Gasteiger partial charge >= 0.3 is 23.9 Å². The molecule has 0 spiro atoms. The van der Waals surface area contributed by atoms with Gasteiger partial charge in [-0.25, -0.2) is 9.59 Å². The van der Waals surface area contributed by atoms with E-state index in [9.17, 15) is 37.1 Å². The zero-order valence-electron chi connectivity index (χ0n) is 16.7. The number of halogens is 3. The number of carbonyl (C=O) groups is 3. The van der Waals surface area contributed by atoms with Crippen molar-refractivity contribution >= 4 is 23.7 Å². The second-order valence-electron chi connectivity index (χ2n) is 6.93. The molecular weight excluding hydrogens is 429 g/mol. The fourth-order valence-corrected chi connectivity index (χ4v) is 2.98. The number of rotatable bonds is 5. The van der Waals surface area contributed by atoms with Crippen molar-refractivity contribution in [3.63, 3.8) is 0 Å². The highest BCUT2D eigenvalue weighted by atomic mass is 19.4. The standard InChI is InChI=1S/C17H21F3N4O7/c1-22-12(21)11(13(26)23(2)15(22)28)10(25)7-30-14(27)9-3-5-24(6-4-9)16(29)31-8-17(18,19)20/h9H,3-8,21H2,1-2H3. The maximum Gasteiger partial charge on any atom is 0.422 e. The van der Waals surface area contributed by atoms with Crippen molar-refractivity contribution in [1.29, 1.82) is 0 Å². The molecule has 172 valence electrons. The first-order chi connectivity index (χ1) is 14.3. The number of hydrogen-bond donors (Lipinski definition) is 1. The first-order valence-corrected chi connectivity index (χ1v) is 9.07. The third kappa shape index (κ3) is 5.64. The highest BCUT2D eigenvalue weighted by Crippen LogP contribution is 2.21. The lowest BCUT2D eigenvalue weighted by Crippen LogP contribution is -2.43. The molecule has 14 heteroatoms. The van der Waals surface area contributed by atoms with Gasteiger partial charge < -0.3 is 20.1 Å². The summed E-state index contributed by atoms with van der Waals surface area (Å²) < 4.78 is 47.0. The van der Waals surface area contributed by atoms with E-state index in [4.69, 9.17) is 10.5 Å². The molecule has 2 rings (SSSR count). The number of ketones is 1. The van der Waals surface area contributed by atoms with Gasteiger partial charge in [-0.1, -0.05) is 0 Å². The molecule has 1 aromatic heterocycles. The average Bonchev–Trinajstić information content (AvgIpc) is 2.72. The molecule has 1 amide bonds. The minimum atomic E-state index is -4.64. The number of likely N-dealkylation sites (tertiary alicyclic amines) is 1. The molecule has 1 aromatic rings. The van der Waals surface area contributed by atoms with Crippen molar-refractivity contribution in [3.8, 4) is 0 Å². The van der Waals surface area contributed by atoms with Crippen molar-refractivity contribution in [1.82, 2.24) is 14.0 Å². The van der Waals surface area contributed by atoms with E-state index in [1.807, 2.05) is 0 Å². The molecule has 2 N–H and O–H groups in total. The molecule has 1 aliphatic rings. The number of nitrogen functional groups attached to an aromatic ring is 1. The Morgan fingerprint density at radius 2 is 1.65 bits per heavy atom. The van der Waals surface area contributed by atoms with Gasteiger partial charge in [-0.3, -0.25) is 23.5 Å². The van der Waals surface area contributed by atoms with Gasteiger partial charge in [-0.2, -0.15) is 13.2 Å². The van der Waals surface area contributed by atoms with Crippen LogP contribution in [0.25, 0.3) is 0 Å². The van der Waals surface area contributed by atoms with Gasteiger partial charge in [0.05, 0.1) is 5.92 Å². The van der Waals surface area contributed by atoms with E-state index >= 15 is 0 Å². The minimum absolute atomic E-state index is 0.0291. The predicted octanol–water partition coefficient (Wildman–Crippen LogP) is -0.197. The Morgan fingerprint density at radius 3 is 2.19 bits per heavy atom. The minimum Gasteiger partial charge on any atom is -0.457 e. The molecule has 0 aromatic carbocycles. The summed E-state index contributed by atoms with van der Waals surface area (Å²) in [5.74, 6) is -2.72. The molecule has 0 aliphatic carbocycles. The Balaban J connectivity index is 1.91. The van der Waals surface area contributed by atoms with E-state index in [0.29, 0.717) is 4.57 Å². The monoisotopic (exact) mass is 450 g/mol. The van der Waals surface area contributed by atoms with E-state index in [-0.39, 0.29) is 31.7 Å². The normalized spacial score (nSPS) is 14.9. The maximum absolute atomic E-state index is 12.3. The maximum atomic E-state index is 12.3. The summed E-state index contributed by atoms with van der Waals surface area (Å²) >= 11 is 0. The Hall–Kier alpha value is -3.32. The topological polar surface area (TPSA) is 143 Å². The number of nitrogens with two attached hydrogens (primary N) is 1. The number of nitrogens with zero attached hydrogens (tertiary/aromatic N) is 3. The molecule has 0 unspecified atom stereocenters. The van der Waals surface area contributed by atoms with Crippen molar-refractivity contribution in [2.24, 2.45) is 20.0 Å². The Labute approximate surface area is 173 Å². The summed E-state index contributed by atoms with van der Waals surface area (Å²) in [7, 11) is 2.44. The molecule has 11 nitrogen and oxygen atoms in total. The van der Waals surface area contributed by atoms with Crippen molar-refractivity contribution < 1.29 is 37.0 Å². The van der Waals surface area contributed by atoms with Crippen LogP contribution in [0.5, 0.6) is 0 Å². The summed E-state index contributed by atoms with van der Waals surface area (Å²) in [6.45, 7) is -2.55. The second-order valence-corrected chi connectivity index (χ2v) is 6.93. The Kier molecular flexibility index (Phi) is 7.13. The smallest absolute Gasteiger partial charge is 0.422 e. The Bertz CT molecular complexity index is 991. The van der Waals surface area contributed by atoms with Crippen molar-refractivity contribution in [2.45, 2.75) is 19.0 Å². The largest absolute Gasteiger partial charge is 0.457 e. The number of carbonyl (C=O) groups excluding carboxylic acids is 3. The number of amides is 1. The van der Waals surface area contributed by atoms with Crippen LogP contribution in [0.1, 0.15) is 23.2 Å². The van der Waals surface area contributed by atoms with Gasteiger partial charge in [0.1, 0.15) is 11.4 Å². The van der Waals surface area contributed by atoms with E-state index in [1.165, 1.54) is 14.1 Å². The van der Waals surface area contributed by atoms with E-state index < -0.39 is 60.0 Å². The highest BCUT2D eigenvalue weighted by molar-refractivity contribution is 6.01. The molecule has 1 aliphatic heterocycles. The van der Waals surface area contributed by atoms with E-state index in [1.54, 1.807) is 0 Å². The number of piperidine rings is 1. The van der Waals surface area contributed by atoms with Gasteiger partial charge in [-0.15, -0.1) is 0 Å². The lowest BCUT2D eigenvalue weighted by molar-refractivity contribution is -0.162. The van der Waals surface area contributed by atoms with Gasteiger partial charge in [0.15, 0.2) is 13.2 Å². The van der Waals surface area contributed by atoms with Crippen LogP contribution in [-0.2, 0) is 28.4 Å². The van der Waals surface area contributed by atoms with Gasteiger partial charge in [0.25, 0.3) is 5.56 Å². The average molecular weight is 450 g/mol. The van der Waals surface area contributed by atoms with Crippen LogP contribution in [-0.4, -0.2) is 64.4 Å². The zero-order valence-corrected chi connectivity index (χ0v) is 16.7. The number of ether oxygens (including phenoxy) is 2. The lowest BCUT2D eigenvalue weighted by atomic mass is 9.97. The lowest BCUT2D eigenvalue weighted by Gasteiger charge is -2.30.